The van der Waals surface area contributed by atoms with E-state index in [0.29, 0.717) is 39.6 Å². The van der Waals surface area contributed by atoms with Gasteiger partial charge in [-0.25, -0.2) is 8.42 Å². The van der Waals surface area contributed by atoms with Crippen molar-refractivity contribution in [3.05, 3.63) is 83.9 Å². The van der Waals surface area contributed by atoms with E-state index >= 15 is 0 Å². The van der Waals surface area contributed by atoms with E-state index in [1.807, 2.05) is 36.4 Å². The number of nitrogens with two attached hydrogens (primary N) is 1. The standard InChI is InChI=1S/C24H21N5O3S/c1-33(31,32)29(14-13-25)19-10-8-18(9-11-19)27-23(16-5-3-2-4-6-16)22-20-15-17(26)7-12-21(20)28-24(22)30/h2-12,15,27H,14,26H2,1H3,(H,28,30). The van der Waals surface area contributed by atoms with Gasteiger partial charge in [0.15, 0.2) is 0 Å². The summed E-state index contributed by atoms with van der Waals surface area (Å²) in [5.41, 5.74) is 10.7. The quantitative estimate of drug-likeness (QED) is 0.294. The molecule has 0 unspecified atom stereocenters. The molecule has 4 rings (SSSR count). The van der Waals surface area contributed by atoms with E-state index in [2.05, 4.69) is 10.6 Å². The lowest BCUT2D eigenvalue weighted by molar-refractivity contribution is -0.110. The maximum absolute atomic E-state index is 12.9. The minimum absolute atomic E-state index is 0.254. The Labute approximate surface area is 192 Å². The maximum Gasteiger partial charge on any atom is 0.258 e. The van der Waals surface area contributed by atoms with Crippen molar-refractivity contribution in [2.45, 2.75) is 0 Å². The average molecular weight is 460 g/mol. The van der Waals surface area contributed by atoms with Gasteiger partial charge in [0, 0.05) is 22.6 Å². The normalized spacial score (nSPS) is 14.1. The Kier molecular flexibility index (Phi) is 5.77. The fourth-order valence-electron chi connectivity index (χ4n) is 3.64. The minimum Gasteiger partial charge on any atom is -0.399 e. The number of hydrogen-bond donors (Lipinski definition) is 3. The summed E-state index contributed by atoms with van der Waals surface area (Å²) >= 11 is 0. The van der Waals surface area contributed by atoms with Gasteiger partial charge in [-0.05, 0) is 48.0 Å². The lowest BCUT2D eigenvalue weighted by Crippen LogP contribution is -2.30. The van der Waals surface area contributed by atoms with Crippen LogP contribution in [0.5, 0.6) is 0 Å². The summed E-state index contributed by atoms with van der Waals surface area (Å²) in [7, 11) is -3.60. The number of fused-ring (bicyclic) bond motifs is 1. The maximum atomic E-state index is 12.9. The highest BCUT2D eigenvalue weighted by Gasteiger charge is 2.28. The van der Waals surface area contributed by atoms with Crippen LogP contribution in [0.15, 0.2) is 72.8 Å². The van der Waals surface area contributed by atoms with Crippen molar-refractivity contribution in [1.82, 2.24) is 0 Å². The lowest BCUT2D eigenvalue weighted by atomic mass is 9.99. The van der Waals surface area contributed by atoms with Gasteiger partial charge in [0.05, 0.1) is 29.3 Å². The summed E-state index contributed by atoms with van der Waals surface area (Å²) in [6.07, 6.45) is 1.05. The minimum atomic E-state index is -3.60. The van der Waals surface area contributed by atoms with Crippen molar-refractivity contribution in [3.8, 4) is 6.07 Å². The largest absolute Gasteiger partial charge is 0.399 e. The Morgan fingerprint density at radius 3 is 2.42 bits per heavy atom. The molecule has 0 radical (unpaired) electrons. The molecule has 33 heavy (non-hydrogen) atoms. The zero-order valence-electron chi connectivity index (χ0n) is 17.7. The summed E-state index contributed by atoms with van der Waals surface area (Å²) < 4.78 is 25.1. The molecule has 0 bridgehead atoms. The topological polar surface area (TPSA) is 128 Å². The first kappa shape index (κ1) is 21.9. The molecule has 0 atom stereocenters. The molecule has 4 N–H and O–H groups in total. The Bertz CT molecular complexity index is 1390. The van der Waals surface area contributed by atoms with Crippen LogP contribution < -0.4 is 20.7 Å². The van der Waals surface area contributed by atoms with Crippen LogP contribution in [0.3, 0.4) is 0 Å². The zero-order chi connectivity index (χ0) is 23.6. The number of sulfonamides is 1. The van der Waals surface area contributed by atoms with Gasteiger partial charge in [0.25, 0.3) is 5.91 Å². The van der Waals surface area contributed by atoms with Gasteiger partial charge in [-0.1, -0.05) is 30.3 Å². The number of carbonyl (C=O) groups excluding carboxylic acids is 1. The van der Waals surface area contributed by atoms with Crippen molar-refractivity contribution in [2.24, 2.45) is 0 Å². The van der Waals surface area contributed by atoms with E-state index in [-0.39, 0.29) is 12.5 Å². The van der Waals surface area contributed by atoms with E-state index < -0.39 is 10.0 Å². The number of nitrogens with zero attached hydrogens (tertiary/aromatic N) is 2. The van der Waals surface area contributed by atoms with Gasteiger partial charge < -0.3 is 16.4 Å². The third-order valence-electron chi connectivity index (χ3n) is 5.14. The molecule has 9 heteroatoms. The van der Waals surface area contributed by atoms with Crippen LogP contribution in [0.4, 0.5) is 22.7 Å². The highest BCUT2D eigenvalue weighted by atomic mass is 32.2. The number of carbonyl (C=O) groups is 1. The molecule has 0 saturated carbocycles. The van der Waals surface area contributed by atoms with Crippen LogP contribution in [0.1, 0.15) is 11.1 Å². The second-order valence-corrected chi connectivity index (χ2v) is 9.38. The third kappa shape index (κ3) is 4.51. The molecule has 1 aliphatic rings. The van der Waals surface area contributed by atoms with Gasteiger partial charge >= 0.3 is 0 Å². The molecule has 0 fully saturated rings. The van der Waals surface area contributed by atoms with E-state index in [1.54, 1.807) is 42.5 Å². The number of nitriles is 1. The fraction of sp³-hybridized carbons (Fsp3) is 0.0833. The third-order valence-corrected chi connectivity index (χ3v) is 6.28. The number of amides is 1. The molecular weight excluding hydrogens is 438 g/mol. The number of anilines is 4. The fourth-order valence-corrected chi connectivity index (χ4v) is 4.43. The summed E-state index contributed by atoms with van der Waals surface area (Å²) in [6, 6.07) is 23.1. The Morgan fingerprint density at radius 1 is 1.09 bits per heavy atom. The van der Waals surface area contributed by atoms with Crippen LogP contribution in [-0.2, 0) is 14.8 Å². The monoisotopic (exact) mass is 459 g/mol. The summed E-state index contributed by atoms with van der Waals surface area (Å²) in [4.78, 5) is 12.9. The van der Waals surface area contributed by atoms with Crippen LogP contribution in [0, 0.1) is 11.3 Å². The molecule has 3 aromatic rings. The molecule has 0 aromatic heterocycles. The summed E-state index contributed by atoms with van der Waals surface area (Å²) in [5, 5.41) is 15.2. The van der Waals surface area contributed by atoms with Crippen molar-refractivity contribution in [2.75, 3.05) is 33.5 Å². The molecular formula is C24H21N5O3S. The SMILES string of the molecule is CS(=O)(=O)N(CC#N)c1ccc(NC(=C2C(=O)Nc3ccc(N)cc32)c2ccccc2)cc1. The predicted molar refractivity (Wildman–Crippen MR) is 131 cm³/mol. The first-order chi connectivity index (χ1) is 15.8. The molecule has 3 aromatic carbocycles. The second-order valence-electron chi connectivity index (χ2n) is 7.47. The van der Waals surface area contributed by atoms with Gasteiger partial charge in [-0.15, -0.1) is 0 Å². The second kappa shape index (κ2) is 8.68. The number of benzene rings is 3. The highest BCUT2D eigenvalue weighted by molar-refractivity contribution is 7.92. The molecule has 1 heterocycles. The van der Waals surface area contributed by atoms with Gasteiger partial charge in [0.1, 0.15) is 6.54 Å². The van der Waals surface area contributed by atoms with Crippen LogP contribution in [0.2, 0.25) is 0 Å². The first-order valence-corrected chi connectivity index (χ1v) is 11.9. The van der Waals surface area contributed by atoms with Gasteiger partial charge in [-0.2, -0.15) is 5.26 Å². The number of rotatable bonds is 6. The lowest BCUT2D eigenvalue weighted by Gasteiger charge is -2.20. The van der Waals surface area contributed by atoms with E-state index in [4.69, 9.17) is 11.0 Å². The van der Waals surface area contributed by atoms with Crippen molar-refractivity contribution >= 4 is 50.0 Å². The number of nitrogens with one attached hydrogen (secondary N) is 2. The first-order valence-electron chi connectivity index (χ1n) is 10.0. The van der Waals surface area contributed by atoms with Gasteiger partial charge in [-0.3, -0.25) is 9.10 Å². The average Bonchev–Trinajstić information content (AvgIpc) is 3.11. The molecule has 1 aliphatic heterocycles. The molecule has 0 spiro atoms. The molecule has 1 amide bonds. The highest BCUT2D eigenvalue weighted by Crippen LogP contribution is 2.38. The molecule has 0 aliphatic carbocycles. The Morgan fingerprint density at radius 2 is 1.79 bits per heavy atom. The van der Waals surface area contributed by atoms with E-state index in [0.717, 1.165) is 16.1 Å². The summed E-state index contributed by atoms with van der Waals surface area (Å²) in [6.45, 7) is -0.288. The van der Waals surface area contributed by atoms with Crippen molar-refractivity contribution in [1.29, 1.82) is 5.26 Å². The predicted octanol–water partition coefficient (Wildman–Crippen LogP) is 3.49. The Hall–Kier alpha value is -4.29. The molecule has 8 nitrogen and oxygen atoms in total. The molecule has 166 valence electrons. The smallest absolute Gasteiger partial charge is 0.258 e. The molecule has 0 saturated heterocycles. The van der Waals surface area contributed by atoms with E-state index in [1.165, 1.54) is 0 Å². The van der Waals surface area contributed by atoms with Crippen LogP contribution in [0.25, 0.3) is 11.3 Å². The Balaban J connectivity index is 1.78. The van der Waals surface area contributed by atoms with Gasteiger partial charge in [0.2, 0.25) is 10.0 Å². The van der Waals surface area contributed by atoms with Crippen LogP contribution >= 0.6 is 0 Å². The summed E-state index contributed by atoms with van der Waals surface area (Å²) in [5.74, 6) is -0.254. The van der Waals surface area contributed by atoms with Crippen molar-refractivity contribution < 1.29 is 13.2 Å². The number of nitrogen functional groups attached to an aromatic ring is 1. The zero-order valence-corrected chi connectivity index (χ0v) is 18.6. The number of hydrogen-bond acceptors (Lipinski definition) is 6. The van der Waals surface area contributed by atoms with Crippen LogP contribution in [-0.4, -0.2) is 27.1 Å². The van der Waals surface area contributed by atoms with E-state index in [9.17, 15) is 13.2 Å². The van der Waals surface area contributed by atoms with Crippen molar-refractivity contribution in [3.63, 3.8) is 0 Å².